The molecule has 0 fully saturated rings. The molecular formula is C11H15ClO2. The maximum Gasteiger partial charge on any atom is 0.0890 e. The fourth-order valence-electron chi connectivity index (χ4n) is 1.25. The quantitative estimate of drug-likeness (QED) is 0.835. The van der Waals surface area contributed by atoms with Crippen LogP contribution in [0.15, 0.2) is 24.3 Å². The van der Waals surface area contributed by atoms with Gasteiger partial charge in [0, 0.05) is 25.2 Å². The molecule has 1 unspecified atom stereocenters. The number of hydrogen-bond acceptors (Lipinski definition) is 2. The lowest BCUT2D eigenvalue weighted by molar-refractivity contribution is 0.0210. The molecule has 0 saturated heterocycles. The van der Waals surface area contributed by atoms with E-state index in [1.165, 1.54) is 0 Å². The highest BCUT2D eigenvalue weighted by Crippen LogP contribution is 2.25. The summed E-state index contributed by atoms with van der Waals surface area (Å²) in [6.45, 7) is 2.31. The second kappa shape index (κ2) is 4.78. The Morgan fingerprint density at radius 3 is 2.43 bits per heavy atom. The van der Waals surface area contributed by atoms with E-state index in [4.69, 9.17) is 16.3 Å². The Labute approximate surface area is 89.5 Å². The average Bonchev–Trinajstić information content (AvgIpc) is 2.16. The fourth-order valence-corrected chi connectivity index (χ4v) is 1.38. The number of methoxy groups -OCH3 is 1. The van der Waals surface area contributed by atoms with Crippen molar-refractivity contribution in [2.45, 2.75) is 18.9 Å². The zero-order valence-electron chi connectivity index (χ0n) is 8.46. The molecule has 0 aliphatic carbocycles. The molecule has 3 heteroatoms. The molecule has 1 rings (SSSR count). The van der Waals surface area contributed by atoms with Crippen LogP contribution in [0.25, 0.3) is 0 Å². The summed E-state index contributed by atoms with van der Waals surface area (Å²) < 4.78 is 4.94. The molecule has 1 N–H and O–H groups in total. The number of hydrogen-bond donors (Lipinski definition) is 1. The Kier molecular flexibility index (Phi) is 3.93. The summed E-state index contributed by atoms with van der Waals surface area (Å²) in [5.74, 6) is 0. The van der Waals surface area contributed by atoms with Crippen molar-refractivity contribution in [1.82, 2.24) is 0 Å². The normalized spacial score (nSPS) is 15.1. The van der Waals surface area contributed by atoms with Gasteiger partial charge in [0.1, 0.15) is 0 Å². The number of benzene rings is 1. The maximum atomic E-state index is 10.1. The number of halogens is 1. The van der Waals surface area contributed by atoms with Crippen LogP contribution in [0.1, 0.15) is 18.9 Å². The van der Waals surface area contributed by atoms with Gasteiger partial charge in [0.15, 0.2) is 0 Å². The van der Waals surface area contributed by atoms with Gasteiger partial charge in [-0.2, -0.15) is 0 Å². The first-order valence-corrected chi connectivity index (χ1v) is 4.91. The zero-order valence-corrected chi connectivity index (χ0v) is 9.21. The van der Waals surface area contributed by atoms with E-state index in [0.29, 0.717) is 18.1 Å². The van der Waals surface area contributed by atoms with Gasteiger partial charge in [0.05, 0.1) is 5.60 Å². The number of rotatable bonds is 4. The standard InChI is InChI=1S/C11H15ClO2/c1-11(13,7-8-14-2)9-3-5-10(12)6-4-9/h3-6,13H,7-8H2,1-2H3. The minimum atomic E-state index is -0.847. The SMILES string of the molecule is COCCC(C)(O)c1ccc(Cl)cc1. The molecule has 14 heavy (non-hydrogen) atoms. The predicted molar refractivity (Wildman–Crippen MR) is 57.5 cm³/mol. The molecule has 0 saturated carbocycles. The van der Waals surface area contributed by atoms with E-state index >= 15 is 0 Å². The third-order valence-electron chi connectivity index (χ3n) is 2.26. The number of aliphatic hydroxyl groups is 1. The van der Waals surface area contributed by atoms with Crippen molar-refractivity contribution in [2.24, 2.45) is 0 Å². The highest BCUT2D eigenvalue weighted by molar-refractivity contribution is 6.30. The first-order chi connectivity index (χ1) is 6.56. The zero-order chi connectivity index (χ0) is 10.6. The molecule has 1 aromatic rings. The lowest BCUT2D eigenvalue weighted by Crippen LogP contribution is -2.22. The molecule has 78 valence electrons. The Morgan fingerprint density at radius 2 is 1.93 bits per heavy atom. The molecule has 0 bridgehead atoms. The van der Waals surface area contributed by atoms with Gasteiger partial charge < -0.3 is 9.84 Å². The Hall–Kier alpha value is -0.570. The van der Waals surface area contributed by atoms with E-state index in [0.717, 1.165) is 5.56 Å². The predicted octanol–water partition coefficient (Wildman–Crippen LogP) is 2.58. The van der Waals surface area contributed by atoms with Gasteiger partial charge >= 0.3 is 0 Å². The van der Waals surface area contributed by atoms with Gasteiger partial charge in [-0.15, -0.1) is 0 Å². The third kappa shape index (κ3) is 2.98. The Balaban J connectivity index is 2.75. The van der Waals surface area contributed by atoms with Crippen LogP contribution in [0.4, 0.5) is 0 Å². The van der Waals surface area contributed by atoms with Crippen molar-refractivity contribution >= 4 is 11.6 Å². The highest BCUT2D eigenvalue weighted by Gasteiger charge is 2.22. The summed E-state index contributed by atoms with van der Waals surface area (Å²) in [7, 11) is 1.62. The molecule has 0 aliphatic rings. The van der Waals surface area contributed by atoms with Crippen LogP contribution in [0.5, 0.6) is 0 Å². The summed E-state index contributed by atoms with van der Waals surface area (Å²) in [5, 5.41) is 10.8. The first kappa shape index (κ1) is 11.5. The van der Waals surface area contributed by atoms with E-state index < -0.39 is 5.60 Å². The largest absolute Gasteiger partial charge is 0.385 e. The molecule has 0 aromatic heterocycles. The topological polar surface area (TPSA) is 29.5 Å². The molecular weight excluding hydrogens is 200 g/mol. The molecule has 0 amide bonds. The second-order valence-electron chi connectivity index (χ2n) is 3.52. The van der Waals surface area contributed by atoms with Crippen LogP contribution in [0.3, 0.4) is 0 Å². The summed E-state index contributed by atoms with van der Waals surface area (Å²) in [6.07, 6.45) is 0.575. The first-order valence-electron chi connectivity index (χ1n) is 4.53. The van der Waals surface area contributed by atoms with Crippen LogP contribution in [0, 0.1) is 0 Å². The molecule has 1 atom stereocenters. The van der Waals surface area contributed by atoms with Gasteiger partial charge in [-0.25, -0.2) is 0 Å². The monoisotopic (exact) mass is 214 g/mol. The van der Waals surface area contributed by atoms with Crippen LogP contribution in [0.2, 0.25) is 5.02 Å². The van der Waals surface area contributed by atoms with Crippen molar-refractivity contribution in [2.75, 3.05) is 13.7 Å². The minimum Gasteiger partial charge on any atom is -0.385 e. The van der Waals surface area contributed by atoms with Gasteiger partial charge in [-0.1, -0.05) is 23.7 Å². The van der Waals surface area contributed by atoms with E-state index in [2.05, 4.69) is 0 Å². The van der Waals surface area contributed by atoms with E-state index in [-0.39, 0.29) is 0 Å². The van der Waals surface area contributed by atoms with Crippen LogP contribution < -0.4 is 0 Å². The Morgan fingerprint density at radius 1 is 1.36 bits per heavy atom. The lowest BCUT2D eigenvalue weighted by atomic mass is 9.93. The van der Waals surface area contributed by atoms with Crippen molar-refractivity contribution < 1.29 is 9.84 Å². The number of ether oxygens (including phenoxy) is 1. The summed E-state index contributed by atoms with van der Waals surface area (Å²) in [4.78, 5) is 0. The molecule has 2 nitrogen and oxygen atoms in total. The van der Waals surface area contributed by atoms with Crippen molar-refractivity contribution in [3.05, 3.63) is 34.9 Å². The van der Waals surface area contributed by atoms with Gasteiger partial charge in [-0.05, 0) is 24.6 Å². The molecule has 1 aromatic carbocycles. The summed E-state index contributed by atoms with van der Waals surface area (Å²) in [6, 6.07) is 7.21. The van der Waals surface area contributed by atoms with E-state index in [9.17, 15) is 5.11 Å². The van der Waals surface area contributed by atoms with E-state index in [1.807, 2.05) is 12.1 Å². The van der Waals surface area contributed by atoms with Crippen LogP contribution >= 0.6 is 11.6 Å². The van der Waals surface area contributed by atoms with Gasteiger partial charge in [-0.3, -0.25) is 0 Å². The summed E-state index contributed by atoms with van der Waals surface area (Å²) >= 11 is 5.76. The Bertz CT molecular complexity index is 280. The maximum absolute atomic E-state index is 10.1. The lowest BCUT2D eigenvalue weighted by Gasteiger charge is -2.23. The minimum absolute atomic E-state index is 0.537. The average molecular weight is 215 g/mol. The third-order valence-corrected chi connectivity index (χ3v) is 2.51. The highest BCUT2D eigenvalue weighted by atomic mass is 35.5. The molecule has 0 aliphatic heterocycles. The summed E-state index contributed by atoms with van der Waals surface area (Å²) in [5.41, 5.74) is 0.0135. The van der Waals surface area contributed by atoms with Crippen molar-refractivity contribution in [1.29, 1.82) is 0 Å². The van der Waals surface area contributed by atoms with E-state index in [1.54, 1.807) is 26.2 Å². The van der Waals surface area contributed by atoms with Crippen LogP contribution in [-0.2, 0) is 10.3 Å². The van der Waals surface area contributed by atoms with Crippen molar-refractivity contribution in [3.8, 4) is 0 Å². The van der Waals surface area contributed by atoms with Gasteiger partial charge in [0.2, 0.25) is 0 Å². The van der Waals surface area contributed by atoms with Crippen molar-refractivity contribution in [3.63, 3.8) is 0 Å². The second-order valence-corrected chi connectivity index (χ2v) is 3.96. The molecule has 0 radical (unpaired) electrons. The van der Waals surface area contributed by atoms with Gasteiger partial charge in [0.25, 0.3) is 0 Å². The van der Waals surface area contributed by atoms with Crippen LogP contribution in [-0.4, -0.2) is 18.8 Å². The smallest absolute Gasteiger partial charge is 0.0890 e. The fraction of sp³-hybridized carbons (Fsp3) is 0.455. The molecule has 0 heterocycles. The molecule has 0 spiro atoms.